The van der Waals surface area contributed by atoms with Crippen LogP contribution in [0.2, 0.25) is 10.0 Å². The highest BCUT2D eigenvalue weighted by Gasteiger charge is 2.24. The highest BCUT2D eigenvalue weighted by Crippen LogP contribution is 2.31. The topological polar surface area (TPSA) is 64.0 Å². The van der Waals surface area contributed by atoms with Crippen LogP contribution in [-0.2, 0) is 10.0 Å². The number of halogens is 2. The monoisotopic (exact) mass is 373 g/mol. The first kappa shape index (κ1) is 16.6. The predicted molar refractivity (Wildman–Crippen MR) is 91.7 cm³/mol. The van der Waals surface area contributed by atoms with Crippen molar-refractivity contribution in [3.05, 3.63) is 40.1 Å². The van der Waals surface area contributed by atoms with Gasteiger partial charge in [0.05, 0.1) is 27.5 Å². The van der Waals surface area contributed by atoms with Gasteiger partial charge in [0.1, 0.15) is 4.90 Å². The molecule has 1 fully saturated rings. The first-order valence-electron chi connectivity index (χ1n) is 7.40. The van der Waals surface area contributed by atoms with Crippen LogP contribution >= 0.6 is 23.2 Å². The van der Waals surface area contributed by atoms with E-state index >= 15 is 0 Å². The fraction of sp³-hybridized carbons (Fsp3) is 0.400. The Morgan fingerprint density at radius 3 is 2.57 bits per heavy atom. The molecular formula is C15H17Cl2N3O2S. The molecule has 1 aromatic carbocycles. The lowest BCUT2D eigenvalue weighted by molar-refractivity contribution is 0.464. The zero-order valence-electron chi connectivity index (χ0n) is 12.6. The van der Waals surface area contributed by atoms with Crippen LogP contribution in [0.15, 0.2) is 29.3 Å². The molecule has 1 saturated carbocycles. The maximum atomic E-state index is 12.6. The van der Waals surface area contributed by atoms with E-state index in [-0.39, 0.29) is 4.90 Å². The number of aromatic nitrogens is 2. The minimum Gasteiger partial charge on any atom is -0.279 e. The fourth-order valence-electron chi connectivity index (χ4n) is 2.85. The second-order valence-corrected chi connectivity index (χ2v) is 8.20. The lowest BCUT2D eigenvalue weighted by Crippen LogP contribution is -2.13. The second kappa shape index (κ2) is 6.34. The molecule has 1 aliphatic carbocycles. The minimum absolute atomic E-state index is 0.190. The molecule has 8 heteroatoms. The Hall–Kier alpha value is -1.24. The number of hydrogen-bond donors (Lipinski definition) is 1. The Kier molecular flexibility index (Phi) is 4.58. The average Bonchev–Trinajstić information content (AvgIpc) is 3.11. The molecule has 0 saturated heterocycles. The van der Waals surface area contributed by atoms with Gasteiger partial charge in [-0.1, -0.05) is 36.0 Å². The van der Waals surface area contributed by atoms with Gasteiger partial charge in [0, 0.05) is 6.20 Å². The quantitative estimate of drug-likeness (QED) is 0.862. The van der Waals surface area contributed by atoms with Crippen molar-refractivity contribution in [2.45, 2.75) is 43.5 Å². The second-order valence-electron chi connectivity index (χ2n) is 5.73. The zero-order chi connectivity index (χ0) is 16.6. The normalized spacial score (nSPS) is 16.0. The molecule has 3 rings (SSSR count). The number of anilines is 1. The van der Waals surface area contributed by atoms with Gasteiger partial charge in [-0.05, 0) is 38.0 Å². The SMILES string of the molecule is Cc1nn(C2CCCC2)cc1S(=O)(=O)Nc1ccc(Cl)c(Cl)c1. The van der Waals surface area contributed by atoms with Crippen LogP contribution in [-0.4, -0.2) is 18.2 Å². The van der Waals surface area contributed by atoms with Crippen LogP contribution < -0.4 is 4.72 Å². The lowest BCUT2D eigenvalue weighted by Gasteiger charge is -2.09. The molecule has 0 amide bonds. The summed E-state index contributed by atoms with van der Waals surface area (Å²) in [4.78, 5) is 0.190. The Morgan fingerprint density at radius 1 is 1.22 bits per heavy atom. The van der Waals surface area contributed by atoms with Gasteiger partial charge in [0.25, 0.3) is 10.0 Å². The Bertz CT molecular complexity index is 827. The van der Waals surface area contributed by atoms with Gasteiger partial charge in [0.2, 0.25) is 0 Å². The van der Waals surface area contributed by atoms with Crippen LogP contribution in [0, 0.1) is 6.92 Å². The van der Waals surface area contributed by atoms with Crippen molar-refractivity contribution in [1.29, 1.82) is 0 Å². The van der Waals surface area contributed by atoms with Gasteiger partial charge < -0.3 is 0 Å². The van der Waals surface area contributed by atoms with Gasteiger partial charge in [-0.15, -0.1) is 0 Å². The number of aryl methyl sites for hydroxylation is 1. The molecule has 0 spiro atoms. The number of nitrogens with one attached hydrogen (secondary N) is 1. The largest absolute Gasteiger partial charge is 0.279 e. The van der Waals surface area contributed by atoms with E-state index in [0.29, 0.717) is 27.5 Å². The number of rotatable bonds is 4. The molecule has 1 aliphatic rings. The molecule has 23 heavy (non-hydrogen) atoms. The molecule has 1 heterocycles. The summed E-state index contributed by atoms with van der Waals surface area (Å²) in [7, 11) is -3.72. The van der Waals surface area contributed by atoms with Gasteiger partial charge in [0.15, 0.2) is 0 Å². The lowest BCUT2D eigenvalue weighted by atomic mass is 10.3. The summed E-state index contributed by atoms with van der Waals surface area (Å²) in [6.07, 6.45) is 6.02. The molecule has 0 aliphatic heterocycles. The van der Waals surface area contributed by atoms with Crippen molar-refractivity contribution < 1.29 is 8.42 Å². The molecular weight excluding hydrogens is 357 g/mol. The number of nitrogens with zero attached hydrogens (tertiary/aromatic N) is 2. The summed E-state index contributed by atoms with van der Waals surface area (Å²) >= 11 is 11.8. The van der Waals surface area contributed by atoms with Gasteiger partial charge >= 0.3 is 0 Å². The number of sulfonamides is 1. The van der Waals surface area contributed by atoms with Crippen LogP contribution in [0.1, 0.15) is 37.4 Å². The first-order chi connectivity index (χ1) is 10.9. The van der Waals surface area contributed by atoms with Crippen molar-refractivity contribution in [3.63, 3.8) is 0 Å². The van der Waals surface area contributed by atoms with Crippen molar-refractivity contribution in [1.82, 2.24) is 9.78 Å². The average molecular weight is 374 g/mol. The maximum absolute atomic E-state index is 12.6. The Labute approximate surface area is 145 Å². The summed E-state index contributed by atoms with van der Waals surface area (Å²) < 4.78 is 29.5. The van der Waals surface area contributed by atoms with Crippen molar-refractivity contribution in [2.24, 2.45) is 0 Å². The third kappa shape index (κ3) is 3.49. The van der Waals surface area contributed by atoms with E-state index in [2.05, 4.69) is 9.82 Å². The molecule has 1 aromatic heterocycles. The first-order valence-corrected chi connectivity index (χ1v) is 9.64. The molecule has 0 radical (unpaired) electrons. The van der Waals surface area contributed by atoms with Gasteiger partial charge in [-0.3, -0.25) is 9.40 Å². The van der Waals surface area contributed by atoms with Crippen molar-refractivity contribution in [2.75, 3.05) is 4.72 Å². The molecule has 0 atom stereocenters. The summed E-state index contributed by atoms with van der Waals surface area (Å²) in [5, 5.41) is 5.05. The van der Waals surface area contributed by atoms with E-state index in [0.717, 1.165) is 25.7 Å². The van der Waals surface area contributed by atoms with Crippen molar-refractivity contribution >= 4 is 38.9 Å². The molecule has 0 unspecified atom stereocenters. The minimum atomic E-state index is -3.72. The number of hydrogen-bond acceptors (Lipinski definition) is 3. The summed E-state index contributed by atoms with van der Waals surface area (Å²) in [6.45, 7) is 1.70. The smallest absolute Gasteiger partial charge is 0.265 e. The van der Waals surface area contributed by atoms with Crippen LogP contribution in [0.3, 0.4) is 0 Å². The Morgan fingerprint density at radius 2 is 1.91 bits per heavy atom. The molecule has 124 valence electrons. The van der Waals surface area contributed by atoms with Crippen LogP contribution in [0.4, 0.5) is 5.69 Å². The van der Waals surface area contributed by atoms with Crippen molar-refractivity contribution in [3.8, 4) is 0 Å². The highest BCUT2D eigenvalue weighted by molar-refractivity contribution is 7.92. The van der Waals surface area contributed by atoms with Gasteiger partial charge in [-0.25, -0.2) is 8.42 Å². The maximum Gasteiger partial charge on any atom is 0.265 e. The molecule has 1 N–H and O–H groups in total. The molecule has 0 bridgehead atoms. The van der Waals surface area contributed by atoms with E-state index in [1.807, 2.05) is 0 Å². The summed E-state index contributed by atoms with van der Waals surface area (Å²) in [5.74, 6) is 0. The van der Waals surface area contributed by atoms with E-state index in [1.54, 1.807) is 29.9 Å². The van der Waals surface area contributed by atoms with Crippen LogP contribution in [0.5, 0.6) is 0 Å². The van der Waals surface area contributed by atoms with E-state index in [4.69, 9.17) is 23.2 Å². The zero-order valence-corrected chi connectivity index (χ0v) is 14.9. The predicted octanol–water partition coefficient (Wildman–Crippen LogP) is 4.41. The fourth-order valence-corrected chi connectivity index (χ4v) is 4.38. The van der Waals surface area contributed by atoms with E-state index in [9.17, 15) is 8.42 Å². The summed E-state index contributed by atoms with van der Waals surface area (Å²) in [6, 6.07) is 4.90. The molecule has 2 aromatic rings. The highest BCUT2D eigenvalue weighted by atomic mass is 35.5. The molecule has 5 nitrogen and oxygen atoms in total. The standard InChI is InChI=1S/C15H17Cl2N3O2S/c1-10-15(9-20(18-10)12-4-2-3-5-12)23(21,22)19-11-6-7-13(16)14(17)8-11/h6-9,12,19H,2-5H2,1H3. The Balaban J connectivity index is 1.88. The van der Waals surface area contributed by atoms with E-state index in [1.165, 1.54) is 6.07 Å². The summed E-state index contributed by atoms with van der Waals surface area (Å²) in [5.41, 5.74) is 0.858. The van der Waals surface area contributed by atoms with Gasteiger partial charge in [-0.2, -0.15) is 5.10 Å². The van der Waals surface area contributed by atoms with E-state index < -0.39 is 10.0 Å². The number of benzene rings is 1. The third-order valence-electron chi connectivity index (χ3n) is 4.03. The van der Waals surface area contributed by atoms with Crippen LogP contribution in [0.25, 0.3) is 0 Å². The third-order valence-corrected chi connectivity index (χ3v) is 6.26.